The van der Waals surface area contributed by atoms with E-state index in [0.717, 1.165) is 12.0 Å². The number of hydrogen-bond donors (Lipinski definition) is 1. The van der Waals surface area contributed by atoms with Crippen LogP contribution in [0.4, 0.5) is 4.79 Å². The number of carbonyl (C=O) groups is 2. The first-order chi connectivity index (χ1) is 11.9. The van der Waals surface area contributed by atoms with Crippen molar-refractivity contribution in [3.8, 4) is 0 Å². The second-order valence-corrected chi connectivity index (χ2v) is 7.01. The Labute approximate surface area is 149 Å². The summed E-state index contributed by atoms with van der Waals surface area (Å²) in [7, 11) is 0. The van der Waals surface area contributed by atoms with Crippen LogP contribution in [0.5, 0.6) is 0 Å². The van der Waals surface area contributed by atoms with Crippen LogP contribution in [0.25, 0.3) is 0 Å². The lowest BCUT2D eigenvalue weighted by molar-refractivity contribution is -0.131. The Hall–Kier alpha value is -2.08. The standard InChI is InChI=1S/C19H29N3O3/c1-14(2)22(19(24)25-13-16-7-5-4-6-8-16)12-17-9-10-21(11-17)18(23)15(3)20/h4-8,14-15,17H,9-13,20H2,1-3H3/t15-,17?/m0/s1. The number of rotatable bonds is 6. The van der Waals surface area contributed by atoms with Gasteiger partial charge in [-0.1, -0.05) is 30.3 Å². The fourth-order valence-electron chi connectivity index (χ4n) is 3.05. The van der Waals surface area contributed by atoms with E-state index in [-0.39, 0.29) is 30.6 Å². The first-order valence-corrected chi connectivity index (χ1v) is 8.90. The highest BCUT2D eigenvalue weighted by Crippen LogP contribution is 2.20. The molecule has 1 heterocycles. The van der Waals surface area contributed by atoms with Crippen molar-refractivity contribution < 1.29 is 14.3 Å². The molecular formula is C19H29N3O3. The van der Waals surface area contributed by atoms with Crippen LogP contribution in [0, 0.1) is 5.92 Å². The zero-order valence-electron chi connectivity index (χ0n) is 15.4. The molecule has 2 N–H and O–H groups in total. The van der Waals surface area contributed by atoms with Gasteiger partial charge in [0.25, 0.3) is 0 Å². The molecule has 0 saturated carbocycles. The molecule has 1 fully saturated rings. The minimum Gasteiger partial charge on any atom is -0.445 e. The zero-order valence-corrected chi connectivity index (χ0v) is 15.4. The molecule has 0 spiro atoms. The van der Waals surface area contributed by atoms with E-state index in [4.69, 9.17) is 10.5 Å². The maximum absolute atomic E-state index is 12.5. The van der Waals surface area contributed by atoms with E-state index < -0.39 is 6.04 Å². The summed E-state index contributed by atoms with van der Waals surface area (Å²) in [5.74, 6) is 0.236. The number of ether oxygens (including phenoxy) is 1. The molecule has 1 aromatic carbocycles. The molecule has 6 nitrogen and oxygen atoms in total. The fourth-order valence-corrected chi connectivity index (χ4v) is 3.05. The van der Waals surface area contributed by atoms with Crippen molar-refractivity contribution >= 4 is 12.0 Å². The minimum atomic E-state index is -0.476. The van der Waals surface area contributed by atoms with Crippen molar-refractivity contribution in [1.29, 1.82) is 0 Å². The van der Waals surface area contributed by atoms with Crippen molar-refractivity contribution in [3.05, 3.63) is 35.9 Å². The van der Waals surface area contributed by atoms with E-state index in [1.165, 1.54) is 0 Å². The van der Waals surface area contributed by atoms with Crippen LogP contribution in [-0.2, 0) is 16.1 Å². The number of amides is 2. The number of hydrogen-bond acceptors (Lipinski definition) is 4. The van der Waals surface area contributed by atoms with Crippen LogP contribution in [0.2, 0.25) is 0 Å². The molecule has 0 aromatic heterocycles. The summed E-state index contributed by atoms with van der Waals surface area (Å²) in [6.07, 6.45) is 0.573. The molecule has 1 aromatic rings. The maximum atomic E-state index is 12.5. The number of likely N-dealkylation sites (tertiary alicyclic amines) is 1. The van der Waals surface area contributed by atoms with Gasteiger partial charge in [0.05, 0.1) is 6.04 Å². The van der Waals surface area contributed by atoms with Crippen LogP contribution in [-0.4, -0.2) is 53.5 Å². The Balaban J connectivity index is 1.88. The van der Waals surface area contributed by atoms with Crippen LogP contribution < -0.4 is 5.73 Å². The van der Waals surface area contributed by atoms with Crippen molar-refractivity contribution in [2.45, 2.75) is 45.9 Å². The van der Waals surface area contributed by atoms with Crippen molar-refractivity contribution in [3.63, 3.8) is 0 Å². The quantitative estimate of drug-likeness (QED) is 0.856. The second-order valence-electron chi connectivity index (χ2n) is 7.01. The van der Waals surface area contributed by atoms with Crippen LogP contribution >= 0.6 is 0 Å². The van der Waals surface area contributed by atoms with Gasteiger partial charge in [-0.15, -0.1) is 0 Å². The molecule has 25 heavy (non-hydrogen) atoms. The maximum Gasteiger partial charge on any atom is 0.410 e. The molecule has 138 valence electrons. The molecule has 2 atom stereocenters. The molecule has 1 aliphatic heterocycles. The smallest absolute Gasteiger partial charge is 0.410 e. The highest BCUT2D eigenvalue weighted by Gasteiger charge is 2.31. The van der Waals surface area contributed by atoms with Gasteiger partial charge in [-0.05, 0) is 38.7 Å². The molecule has 0 radical (unpaired) electrons. The highest BCUT2D eigenvalue weighted by molar-refractivity contribution is 5.81. The fraction of sp³-hybridized carbons (Fsp3) is 0.579. The molecule has 1 unspecified atom stereocenters. The molecule has 1 saturated heterocycles. The molecule has 2 amide bonds. The SMILES string of the molecule is CC(C)N(CC1CCN(C(=O)[C@H](C)N)C1)C(=O)OCc1ccccc1. The Bertz CT molecular complexity index is 575. The molecule has 1 aliphatic rings. The van der Waals surface area contributed by atoms with Gasteiger partial charge in [-0.3, -0.25) is 4.79 Å². The van der Waals surface area contributed by atoms with Crippen molar-refractivity contribution in [2.75, 3.05) is 19.6 Å². The average Bonchev–Trinajstić information content (AvgIpc) is 3.06. The van der Waals surface area contributed by atoms with E-state index in [9.17, 15) is 9.59 Å². The van der Waals surface area contributed by atoms with Gasteiger partial charge >= 0.3 is 6.09 Å². The van der Waals surface area contributed by atoms with Gasteiger partial charge in [0.2, 0.25) is 5.91 Å². The largest absolute Gasteiger partial charge is 0.445 e. The van der Waals surface area contributed by atoms with Crippen LogP contribution in [0.3, 0.4) is 0 Å². The first kappa shape index (κ1) is 19.2. The summed E-state index contributed by atoms with van der Waals surface area (Å²) in [6.45, 7) is 7.87. The number of nitrogens with two attached hydrogens (primary N) is 1. The first-order valence-electron chi connectivity index (χ1n) is 8.90. The predicted octanol–water partition coefficient (Wildman–Crippen LogP) is 2.23. The predicted molar refractivity (Wildman–Crippen MR) is 96.8 cm³/mol. The van der Waals surface area contributed by atoms with Crippen molar-refractivity contribution in [2.24, 2.45) is 11.7 Å². The minimum absolute atomic E-state index is 0.0229. The molecule has 6 heteroatoms. The van der Waals surface area contributed by atoms with E-state index in [1.54, 1.807) is 16.7 Å². The van der Waals surface area contributed by atoms with Gasteiger partial charge in [-0.25, -0.2) is 4.79 Å². The Morgan fingerprint density at radius 1 is 1.28 bits per heavy atom. The monoisotopic (exact) mass is 347 g/mol. The van der Waals surface area contributed by atoms with Gasteiger partial charge in [-0.2, -0.15) is 0 Å². The number of nitrogens with zero attached hydrogens (tertiary/aromatic N) is 2. The third-order valence-electron chi connectivity index (χ3n) is 4.50. The number of carbonyl (C=O) groups excluding carboxylic acids is 2. The van der Waals surface area contributed by atoms with E-state index in [1.807, 2.05) is 44.2 Å². The summed E-state index contributed by atoms with van der Waals surface area (Å²) < 4.78 is 5.46. The van der Waals surface area contributed by atoms with Crippen molar-refractivity contribution in [1.82, 2.24) is 9.80 Å². The molecular weight excluding hydrogens is 318 g/mol. The zero-order chi connectivity index (χ0) is 18.4. The summed E-state index contributed by atoms with van der Waals surface area (Å²) in [4.78, 5) is 28.0. The summed E-state index contributed by atoms with van der Waals surface area (Å²) >= 11 is 0. The van der Waals surface area contributed by atoms with Gasteiger partial charge in [0.15, 0.2) is 0 Å². The Morgan fingerprint density at radius 3 is 2.56 bits per heavy atom. The van der Waals surface area contributed by atoms with Gasteiger partial charge in [0.1, 0.15) is 6.61 Å². The third kappa shape index (κ3) is 5.46. The lowest BCUT2D eigenvalue weighted by Gasteiger charge is -2.28. The normalized spacial score (nSPS) is 18.3. The summed E-state index contributed by atoms with van der Waals surface area (Å²) in [5, 5.41) is 0. The van der Waals surface area contributed by atoms with Crippen LogP contribution in [0.1, 0.15) is 32.8 Å². The molecule has 0 aliphatic carbocycles. The Kier molecular flexibility index (Phi) is 6.82. The van der Waals surface area contributed by atoms with E-state index in [0.29, 0.717) is 19.6 Å². The van der Waals surface area contributed by atoms with E-state index >= 15 is 0 Å². The highest BCUT2D eigenvalue weighted by atomic mass is 16.6. The lowest BCUT2D eigenvalue weighted by Crippen LogP contribution is -2.43. The summed E-state index contributed by atoms with van der Waals surface area (Å²) in [6, 6.07) is 9.21. The molecule has 0 bridgehead atoms. The van der Waals surface area contributed by atoms with Gasteiger partial charge in [0, 0.05) is 25.7 Å². The topological polar surface area (TPSA) is 75.9 Å². The summed E-state index contributed by atoms with van der Waals surface area (Å²) in [5.41, 5.74) is 6.64. The lowest BCUT2D eigenvalue weighted by atomic mass is 10.1. The second kappa shape index (κ2) is 8.85. The van der Waals surface area contributed by atoms with Crippen LogP contribution in [0.15, 0.2) is 30.3 Å². The molecule has 2 rings (SSSR count). The Morgan fingerprint density at radius 2 is 1.96 bits per heavy atom. The third-order valence-corrected chi connectivity index (χ3v) is 4.50. The van der Waals surface area contributed by atoms with E-state index in [2.05, 4.69) is 0 Å². The number of benzene rings is 1. The van der Waals surface area contributed by atoms with Gasteiger partial charge < -0.3 is 20.3 Å². The average molecular weight is 347 g/mol.